The highest BCUT2D eigenvalue weighted by Crippen LogP contribution is 2.40. The number of nitrogens with zero attached hydrogens (tertiary/aromatic N) is 1. The van der Waals surface area contributed by atoms with Crippen molar-refractivity contribution in [2.75, 3.05) is 32.8 Å². The van der Waals surface area contributed by atoms with Crippen LogP contribution in [0.5, 0.6) is 0 Å². The Morgan fingerprint density at radius 3 is 2.76 bits per heavy atom. The number of rotatable bonds is 6. The Morgan fingerprint density at radius 1 is 1.29 bits per heavy atom. The molecule has 3 atom stereocenters. The quantitative estimate of drug-likeness (QED) is 0.791. The van der Waals surface area contributed by atoms with Crippen LogP contribution in [-0.4, -0.2) is 48.8 Å². The van der Waals surface area contributed by atoms with Gasteiger partial charge in [-0.2, -0.15) is 0 Å². The smallest absolute Gasteiger partial charge is 0.0471 e. The Kier molecular flexibility index (Phi) is 6.51. The molecule has 21 heavy (non-hydrogen) atoms. The minimum Gasteiger partial charge on any atom is -0.396 e. The summed E-state index contributed by atoms with van der Waals surface area (Å²) in [4.78, 5) is 2.64. The summed E-state index contributed by atoms with van der Waals surface area (Å²) < 4.78 is 0. The van der Waals surface area contributed by atoms with Crippen LogP contribution in [-0.2, 0) is 0 Å². The monoisotopic (exact) mass is 296 g/mol. The molecule has 3 nitrogen and oxygen atoms in total. The molecule has 0 aromatic heterocycles. The Bertz CT molecular complexity index is 308. The molecular formula is C18H36N2O. The Hall–Kier alpha value is -0.120. The zero-order valence-corrected chi connectivity index (χ0v) is 14.4. The normalized spacial score (nSPS) is 35.3. The molecule has 2 rings (SSSR count). The summed E-state index contributed by atoms with van der Waals surface area (Å²) >= 11 is 0. The van der Waals surface area contributed by atoms with Gasteiger partial charge in [-0.1, -0.05) is 33.6 Å². The van der Waals surface area contributed by atoms with Crippen molar-refractivity contribution in [1.82, 2.24) is 10.2 Å². The third-order valence-electron chi connectivity index (χ3n) is 5.49. The van der Waals surface area contributed by atoms with Gasteiger partial charge in [0.1, 0.15) is 0 Å². The fraction of sp³-hybridized carbons (Fsp3) is 1.00. The maximum atomic E-state index is 9.46. The van der Waals surface area contributed by atoms with Gasteiger partial charge < -0.3 is 15.3 Å². The van der Waals surface area contributed by atoms with Gasteiger partial charge >= 0.3 is 0 Å². The van der Waals surface area contributed by atoms with Crippen LogP contribution in [0.2, 0.25) is 0 Å². The van der Waals surface area contributed by atoms with Crippen LogP contribution >= 0.6 is 0 Å². The van der Waals surface area contributed by atoms with Gasteiger partial charge in [-0.15, -0.1) is 0 Å². The van der Waals surface area contributed by atoms with Crippen molar-refractivity contribution in [2.45, 2.75) is 65.3 Å². The molecule has 0 spiro atoms. The van der Waals surface area contributed by atoms with Crippen molar-refractivity contribution in [3.63, 3.8) is 0 Å². The number of piperidine rings is 1. The van der Waals surface area contributed by atoms with E-state index < -0.39 is 0 Å². The molecule has 1 saturated heterocycles. The zero-order chi connectivity index (χ0) is 15.3. The molecule has 124 valence electrons. The zero-order valence-electron chi connectivity index (χ0n) is 14.4. The Morgan fingerprint density at radius 2 is 2.10 bits per heavy atom. The van der Waals surface area contributed by atoms with Gasteiger partial charge in [-0.05, 0) is 49.5 Å². The van der Waals surface area contributed by atoms with E-state index in [0.717, 1.165) is 19.0 Å². The number of likely N-dealkylation sites (tertiary alicyclic amines) is 1. The summed E-state index contributed by atoms with van der Waals surface area (Å²) in [5, 5.41) is 13.2. The number of aliphatic hydroxyl groups is 1. The molecule has 1 saturated carbocycles. The average molecular weight is 296 g/mol. The second-order valence-electron chi connectivity index (χ2n) is 8.16. The molecular weight excluding hydrogens is 260 g/mol. The van der Waals surface area contributed by atoms with E-state index in [1.54, 1.807) is 0 Å². The van der Waals surface area contributed by atoms with E-state index >= 15 is 0 Å². The van der Waals surface area contributed by atoms with Gasteiger partial charge in [0.25, 0.3) is 0 Å². The molecule has 1 aliphatic carbocycles. The van der Waals surface area contributed by atoms with E-state index in [4.69, 9.17) is 0 Å². The molecule has 2 aliphatic rings. The van der Waals surface area contributed by atoms with Crippen LogP contribution in [0.15, 0.2) is 0 Å². The molecule has 3 heteroatoms. The Labute approximate surface area is 131 Å². The van der Waals surface area contributed by atoms with Gasteiger partial charge in [0, 0.05) is 32.3 Å². The minimum absolute atomic E-state index is 0.365. The molecule has 0 aromatic rings. The topological polar surface area (TPSA) is 35.5 Å². The predicted octanol–water partition coefficient (Wildman–Crippen LogP) is 2.89. The standard InChI is InChI=1S/C18H36N2O/c1-15(2)19-13-18(8-4-6-16(3)10-18)14-20-9-5-7-17(11-20)12-21/h15-17,19,21H,4-14H2,1-3H3. The van der Waals surface area contributed by atoms with Gasteiger partial charge in [0.2, 0.25) is 0 Å². The largest absolute Gasteiger partial charge is 0.396 e. The fourth-order valence-electron chi connectivity index (χ4n) is 4.47. The first kappa shape index (κ1) is 17.2. The molecule has 0 radical (unpaired) electrons. The lowest BCUT2D eigenvalue weighted by Gasteiger charge is -2.45. The maximum Gasteiger partial charge on any atom is 0.0471 e. The average Bonchev–Trinajstić information content (AvgIpc) is 2.45. The highest BCUT2D eigenvalue weighted by molar-refractivity contribution is 4.91. The van der Waals surface area contributed by atoms with Crippen LogP contribution in [0.3, 0.4) is 0 Å². The van der Waals surface area contributed by atoms with Crippen molar-refractivity contribution >= 4 is 0 Å². The highest BCUT2D eigenvalue weighted by atomic mass is 16.3. The van der Waals surface area contributed by atoms with Crippen LogP contribution < -0.4 is 5.32 Å². The molecule has 0 bridgehead atoms. The van der Waals surface area contributed by atoms with Gasteiger partial charge in [-0.25, -0.2) is 0 Å². The van der Waals surface area contributed by atoms with E-state index in [0.29, 0.717) is 24.0 Å². The summed E-state index contributed by atoms with van der Waals surface area (Å²) in [6, 6.07) is 0.575. The second-order valence-corrected chi connectivity index (χ2v) is 8.16. The summed E-state index contributed by atoms with van der Waals surface area (Å²) in [7, 11) is 0. The molecule has 3 unspecified atom stereocenters. The van der Waals surface area contributed by atoms with Crippen LogP contribution in [0.1, 0.15) is 59.3 Å². The van der Waals surface area contributed by atoms with Gasteiger partial charge in [0.15, 0.2) is 0 Å². The van der Waals surface area contributed by atoms with Crippen molar-refractivity contribution in [2.24, 2.45) is 17.3 Å². The number of hydrogen-bond donors (Lipinski definition) is 2. The molecule has 1 aliphatic heterocycles. The summed E-state index contributed by atoms with van der Waals surface area (Å²) in [5.41, 5.74) is 0.458. The molecule has 0 aromatic carbocycles. The number of hydrogen-bond acceptors (Lipinski definition) is 3. The highest BCUT2D eigenvalue weighted by Gasteiger charge is 2.37. The third kappa shape index (κ3) is 5.22. The van der Waals surface area contributed by atoms with Crippen molar-refractivity contribution in [3.8, 4) is 0 Å². The lowest BCUT2D eigenvalue weighted by Crippen LogP contribution is -2.50. The van der Waals surface area contributed by atoms with Crippen molar-refractivity contribution < 1.29 is 5.11 Å². The SMILES string of the molecule is CC1CCCC(CNC(C)C)(CN2CCCC(CO)C2)C1. The molecule has 1 heterocycles. The lowest BCUT2D eigenvalue weighted by atomic mass is 9.69. The van der Waals surface area contributed by atoms with E-state index in [-0.39, 0.29) is 0 Å². The van der Waals surface area contributed by atoms with Crippen LogP contribution in [0.4, 0.5) is 0 Å². The lowest BCUT2D eigenvalue weighted by molar-refractivity contribution is 0.0443. The van der Waals surface area contributed by atoms with Crippen LogP contribution in [0, 0.1) is 17.3 Å². The van der Waals surface area contributed by atoms with E-state index in [1.165, 1.54) is 51.6 Å². The summed E-state index contributed by atoms with van der Waals surface area (Å²) in [6.07, 6.45) is 8.00. The fourth-order valence-corrected chi connectivity index (χ4v) is 4.47. The Balaban J connectivity index is 1.97. The first-order valence-electron chi connectivity index (χ1n) is 9.09. The predicted molar refractivity (Wildman–Crippen MR) is 89.5 cm³/mol. The second kappa shape index (κ2) is 7.94. The molecule has 0 amide bonds. The molecule has 2 N–H and O–H groups in total. The third-order valence-corrected chi connectivity index (χ3v) is 5.49. The van der Waals surface area contributed by atoms with Crippen LogP contribution in [0.25, 0.3) is 0 Å². The summed E-state index contributed by atoms with van der Waals surface area (Å²) in [5.74, 6) is 1.38. The van der Waals surface area contributed by atoms with Gasteiger partial charge in [-0.3, -0.25) is 0 Å². The first-order chi connectivity index (χ1) is 10.0. The minimum atomic E-state index is 0.365. The van der Waals surface area contributed by atoms with Crippen molar-refractivity contribution in [3.05, 3.63) is 0 Å². The first-order valence-corrected chi connectivity index (χ1v) is 9.09. The maximum absolute atomic E-state index is 9.46. The molecule has 2 fully saturated rings. The van der Waals surface area contributed by atoms with Gasteiger partial charge in [0.05, 0.1) is 0 Å². The summed E-state index contributed by atoms with van der Waals surface area (Å²) in [6.45, 7) is 12.0. The number of nitrogens with one attached hydrogen (secondary N) is 1. The van der Waals surface area contributed by atoms with E-state index in [2.05, 4.69) is 31.0 Å². The van der Waals surface area contributed by atoms with Crippen molar-refractivity contribution in [1.29, 1.82) is 0 Å². The number of aliphatic hydroxyl groups excluding tert-OH is 1. The van der Waals surface area contributed by atoms with E-state index in [1.807, 2.05) is 0 Å². The van der Waals surface area contributed by atoms with E-state index in [9.17, 15) is 5.11 Å².